The number of methoxy groups -OCH3 is 2. The summed E-state index contributed by atoms with van der Waals surface area (Å²) in [5.74, 6) is -1.05. The quantitative estimate of drug-likeness (QED) is 0.337. The van der Waals surface area contributed by atoms with Crippen LogP contribution in [0, 0.1) is 0 Å². The molecule has 2 aromatic rings. The van der Waals surface area contributed by atoms with Crippen LogP contribution in [0.1, 0.15) is 17.5 Å². The fourth-order valence-electron chi connectivity index (χ4n) is 2.26. The number of phenolic OH excluding ortho intramolecular Hbond substituents is 2. The molecule has 0 unspecified atom stereocenters. The zero-order valence-corrected chi connectivity index (χ0v) is 17.6. The van der Waals surface area contributed by atoms with Gasteiger partial charge >= 0.3 is 5.97 Å². The Kier molecular flexibility index (Phi) is 10.7. The zero-order chi connectivity index (χ0) is 24.1. The highest BCUT2D eigenvalue weighted by Crippen LogP contribution is 2.27. The maximum atomic E-state index is 11.9. The molecule has 0 saturated carbocycles. The monoisotopic (exact) mass is 443 g/mol. The second kappa shape index (κ2) is 13.2. The van der Waals surface area contributed by atoms with Crippen molar-refractivity contribution in [3.05, 3.63) is 59.7 Å². The number of carbonyl (C=O) groups is 3. The lowest BCUT2D eigenvalue weighted by Gasteiger charge is -2.03. The van der Waals surface area contributed by atoms with E-state index in [-0.39, 0.29) is 36.0 Å². The molecule has 2 aromatic carbocycles. The molecule has 0 atom stereocenters. The fourth-order valence-corrected chi connectivity index (χ4v) is 2.26. The van der Waals surface area contributed by atoms with Crippen LogP contribution in [0.2, 0.25) is 0 Å². The van der Waals surface area contributed by atoms with Gasteiger partial charge in [0.2, 0.25) is 0 Å². The topological polar surface area (TPSA) is 156 Å². The molecular formula is C23H25NO8. The number of ketones is 2. The smallest absolute Gasteiger partial charge is 0.317 e. The molecule has 0 radical (unpaired) electrons. The number of rotatable bonds is 9. The van der Waals surface area contributed by atoms with Crippen LogP contribution < -0.4 is 15.2 Å². The van der Waals surface area contributed by atoms with Gasteiger partial charge in [-0.1, -0.05) is 24.3 Å². The second-order valence-corrected chi connectivity index (χ2v) is 6.24. The molecule has 2 rings (SSSR count). The lowest BCUT2D eigenvalue weighted by Crippen LogP contribution is -2.10. The third-order valence-corrected chi connectivity index (χ3v) is 3.85. The molecule has 0 aromatic heterocycles. The Morgan fingerprint density at radius 1 is 0.844 bits per heavy atom. The maximum absolute atomic E-state index is 11.9. The third-order valence-electron chi connectivity index (χ3n) is 3.85. The summed E-state index contributed by atoms with van der Waals surface area (Å²) in [6, 6.07) is 9.34. The molecule has 9 heteroatoms. The highest BCUT2D eigenvalue weighted by Gasteiger charge is 2.06. The lowest BCUT2D eigenvalue weighted by atomic mass is 10.1. The first-order valence-electron chi connectivity index (χ1n) is 9.27. The van der Waals surface area contributed by atoms with Crippen LogP contribution in [-0.4, -0.2) is 53.6 Å². The van der Waals surface area contributed by atoms with Gasteiger partial charge in [-0.3, -0.25) is 14.4 Å². The Morgan fingerprint density at radius 3 is 1.53 bits per heavy atom. The summed E-state index contributed by atoms with van der Waals surface area (Å²) in [6.07, 6.45) is 5.44. The summed E-state index contributed by atoms with van der Waals surface area (Å²) in [6.45, 7) is -0.278. The van der Waals surface area contributed by atoms with Crippen LogP contribution in [0.3, 0.4) is 0 Å². The first-order valence-corrected chi connectivity index (χ1v) is 9.27. The van der Waals surface area contributed by atoms with Crippen molar-refractivity contribution in [3.63, 3.8) is 0 Å². The average Bonchev–Trinajstić information content (AvgIpc) is 2.78. The molecule has 5 N–H and O–H groups in total. The highest BCUT2D eigenvalue weighted by molar-refractivity contribution is 6.10. The van der Waals surface area contributed by atoms with E-state index in [1.807, 2.05) is 0 Å². The molecule has 0 spiro atoms. The Bertz CT molecular complexity index is 938. The van der Waals surface area contributed by atoms with E-state index in [4.69, 9.17) is 14.6 Å². The molecule has 9 nitrogen and oxygen atoms in total. The van der Waals surface area contributed by atoms with Crippen LogP contribution in [-0.2, 0) is 14.4 Å². The molecule has 0 bridgehead atoms. The van der Waals surface area contributed by atoms with E-state index in [1.165, 1.54) is 38.5 Å². The van der Waals surface area contributed by atoms with Crippen LogP contribution in [0.15, 0.2) is 48.6 Å². The van der Waals surface area contributed by atoms with Gasteiger partial charge in [0.25, 0.3) is 0 Å². The summed E-state index contributed by atoms with van der Waals surface area (Å²) in [5.41, 5.74) is 5.90. The van der Waals surface area contributed by atoms with Gasteiger partial charge in [-0.25, -0.2) is 0 Å². The van der Waals surface area contributed by atoms with Gasteiger partial charge in [0, 0.05) is 0 Å². The Labute approximate surface area is 185 Å². The van der Waals surface area contributed by atoms with Crippen molar-refractivity contribution in [2.75, 3.05) is 20.8 Å². The highest BCUT2D eigenvalue weighted by atomic mass is 16.5. The number of carboxylic acids is 1. The number of nitrogens with two attached hydrogens (primary N) is 1. The summed E-state index contributed by atoms with van der Waals surface area (Å²) in [4.78, 5) is 33.1. The van der Waals surface area contributed by atoms with Crippen LogP contribution in [0.25, 0.3) is 12.2 Å². The number of hydrogen-bond acceptors (Lipinski definition) is 8. The normalized spacial score (nSPS) is 10.5. The van der Waals surface area contributed by atoms with Gasteiger partial charge in [-0.2, -0.15) is 0 Å². The van der Waals surface area contributed by atoms with Crippen molar-refractivity contribution in [2.24, 2.45) is 5.73 Å². The molecule has 0 aliphatic rings. The van der Waals surface area contributed by atoms with Crippen LogP contribution >= 0.6 is 0 Å². The van der Waals surface area contributed by atoms with Crippen LogP contribution in [0.4, 0.5) is 0 Å². The number of aliphatic carboxylic acids is 1. The van der Waals surface area contributed by atoms with Gasteiger partial charge in [-0.05, 0) is 47.5 Å². The van der Waals surface area contributed by atoms with Crippen molar-refractivity contribution < 1.29 is 39.2 Å². The largest absolute Gasteiger partial charge is 0.504 e. The van der Waals surface area contributed by atoms with E-state index in [2.05, 4.69) is 5.73 Å². The number of ether oxygens (including phenoxy) is 2. The van der Waals surface area contributed by atoms with E-state index < -0.39 is 5.97 Å². The van der Waals surface area contributed by atoms with E-state index in [0.29, 0.717) is 22.6 Å². The van der Waals surface area contributed by atoms with Crippen molar-refractivity contribution in [3.8, 4) is 23.0 Å². The average molecular weight is 443 g/mol. The minimum atomic E-state index is -0.968. The first-order chi connectivity index (χ1) is 15.2. The molecular weight excluding hydrogens is 418 g/mol. The summed E-state index contributed by atoms with van der Waals surface area (Å²) in [5, 5.41) is 26.7. The van der Waals surface area contributed by atoms with Gasteiger partial charge in [0.15, 0.2) is 34.6 Å². The number of benzene rings is 2. The number of phenols is 2. The Balaban J connectivity index is 0.000000920. The lowest BCUT2D eigenvalue weighted by molar-refractivity contribution is -0.135. The van der Waals surface area contributed by atoms with E-state index in [0.717, 1.165) is 0 Å². The zero-order valence-electron chi connectivity index (χ0n) is 17.6. The number of carboxylic acid groups (broad SMARTS) is 1. The minimum Gasteiger partial charge on any atom is -0.504 e. The Hall–Kier alpha value is -4.11. The van der Waals surface area contributed by atoms with Crippen molar-refractivity contribution >= 4 is 29.7 Å². The number of aromatic hydroxyl groups is 2. The van der Waals surface area contributed by atoms with Gasteiger partial charge in [0.05, 0.1) is 27.2 Å². The fraction of sp³-hybridized carbons (Fsp3) is 0.174. The molecule has 32 heavy (non-hydrogen) atoms. The molecule has 0 aliphatic carbocycles. The van der Waals surface area contributed by atoms with Crippen molar-refractivity contribution in [2.45, 2.75) is 6.42 Å². The molecule has 0 amide bonds. The van der Waals surface area contributed by atoms with Crippen molar-refractivity contribution in [1.82, 2.24) is 0 Å². The van der Waals surface area contributed by atoms with Crippen LogP contribution in [0.5, 0.6) is 23.0 Å². The van der Waals surface area contributed by atoms with Gasteiger partial charge in [-0.15, -0.1) is 0 Å². The standard InChI is InChI=1S/C21H20O6.C2H5NO2/c1-26-20-11-14(5-9-18(20)24)3-7-16(22)13-17(23)8-4-15-6-10-19(25)21(12-15)27-2;3-1-2(4)5/h3-12,24-25H,13H2,1-2H3;1,3H2,(H,4,5). The van der Waals surface area contributed by atoms with Crippen molar-refractivity contribution in [1.29, 1.82) is 0 Å². The van der Waals surface area contributed by atoms with E-state index in [9.17, 15) is 24.6 Å². The summed E-state index contributed by atoms with van der Waals surface area (Å²) >= 11 is 0. The SMILES string of the molecule is COc1cc(C=CC(=O)CC(=O)C=Cc2ccc(O)c(OC)c2)ccc1O.NCC(=O)O. The molecule has 0 aliphatic heterocycles. The third kappa shape index (κ3) is 9.14. The number of carbonyl (C=O) groups excluding carboxylic acids is 2. The predicted molar refractivity (Wildman–Crippen MR) is 119 cm³/mol. The number of allylic oxidation sites excluding steroid dienone is 2. The maximum Gasteiger partial charge on any atom is 0.317 e. The second-order valence-electron chi connectivity index (χ2n) is 6.24. The van der Waals surface area contributed by atoms with E-state index in [1.54, 1.807) is 36.4 Å². The summed E-state index contributed by atoms with van der Waals surface area (Å²) < 4.78 is 10.00. The summed E-state index contributed by atoms with van der Waals surface area (Å²) in [7, 11) is 2.87. The molecule has 170 valence electrons. The molecule has 0 fully saturated rings. The number of hydrogen-bond donors (Lipinski definition) is 4. The van der Waals surface area contributed by atoms with Gasteiger partial charge < -0.3 is 30.5 Å². The minimum absolute atomic E-state index is 0.00662. The first kappa shape index (κ1) is 25.9. The predicted octanol–water partition coefficient (Wildman–Crippen LogP) is 2.40. The molecule has 0 heterocycles. The van der Waals surface area contributed by atoms with E-state index >= 15 is 0 Å². The molecule has 0 saturated heterocycles. The van der Waals surface area contributed by atoms with Gasteiger partial charge in [0.1, 0.15) is 0 Å². The Morgan fingerprint density at radius 2 is 1.22 bits per heavy atom.